The minimum Gasteiger partial charge on any atom is -0.464 e. The second kappa shape index (κ2) is 7.29. The summed E-state index contributed by atoms with van der Waals surface area (Å²) in [6.07, 6.45) is 0. The Kier molecular flexibility index (Phi) is 5.12. The monoisotopic (exact) mass is 356 g/mol. The highest BCUT2D eigenvalue weighted by molar-refractivity contribution is 7.99. The van der Waals surface area contributed by atoms with Gasteiger partial charge in [-0.3, -0.25) is 4.79 Å². The lowest BCUT2D eigenvalue weighted by Crippen LogP contribution is -1.95. The van der Waals surface area contributed by atoms with Gasteiger partial charge in [0.05, 0.1) is 10.8 Å². The zero-order valence-electron chi connectivity index (χ0n) is 13.5. The van der Waals surface area contributed by atoms with Gasteiger partial charge in [-0.05, 0) is 49.7 Å². The molecule has 24 heavy (non-hydrogen) atoms. The second-order valence-electron chi connectivity index (χ2n) is 5.54. The molecule has 1 aromatic heterocycles. The number of ketones is 1. The normalized spacial score (nSPS) is 12.1. The number of furan rings is 1. The highest BCUT2D eigenvalue weighted by Gasteiger charge is 2.22. The molecule has 0 N–H and O–H groups in total. The van der Waals surface area contributed by atoms with Gasteiger partial charge in [0.1, 0.15) is 11.5 Å². The van der Waals surface area contributed by atoms with Crippen molar-refractivity contribution in [2.45, 2.75) is 24.0 Å². The molecule has 0 saturated heterocycles. The quantitative estimate of drug-likeness (QED) is 0.395. The van der Waals surface area contributed by atoms with Crippen molar-refractivity contribution in [3.63, 3.8) is 0 Å². The van der Waals surface area contributed by atoms with Crippen LogP contribution in [-0.4, -0.2) is 5.78 Å². The molecule has 0 bridgehead atoms. The Balaban J connectivity index is 2.00. The van der Waals surface area contributed by atoms with E-state index in [0.717, 1.165) is 16.2 Å². The summed E-state index contributed by atoms with van der Waals surface area (Å²) in [5, 5.41) is 0.683. The minimum absolute atomic E-state index is 0.0193. The van der Waals surface area contributed by atoms with Crippen LogP contribution in [-0.2, 0) is 0 Å². The van der Waals surface area contributed by atoms with Crippen molar-refractivity contribution < 1.29 is 9.21 Å². The molecule has 0 amide bonds. The number of thioether (sulfide) groups is 1. The lowest BCUT2D eigenvalue weighted by molar-refractivity contribution is 0.101. The van der Waals surface area contributed by atoms with Crippen LogP contribution in [0.15, 0.2) is 70.0 Å². The molecule has 0 fully saturated rings. The van der Waals surface area contributed by atoms with E-state index in [0.29, 0.717) is 16.3 Å². The molecule has 1 unspecified atom stereocenters. The van der Waals surface area contributed by atoms with E-state index in [4.69, 9.17) is 16.0 Å². The van der Waals surface area contributed by atoms with Gasteiger partial charge in [-0.1, -0.05) is 41.9 Å². The van der Waals surface area contributed by atoms with E-state index in [1.54, 1.807) is 18.7 Å². The van der Waals surface area contributed by atoms with Crippen molar-refractivity contribution >= 4 is 29.1 Å². The first-order valence-electron chi connectivity index (χ1n) is 7.63. The molecular weight excluding hydrogens is 340 g/mol. The predicted molar refractivity (Wildman–Crippen MR) is 99.0 cm³/mol. The molecule has 3 rings (SSSR count). The molecule has 1 atom stereocenters. The van der Waals surface area contributed by atoms with Crippen molar-refractivity contribution in [2.75, 3.05) is 0 Å². The molecule has 2 aromatic carbocycles. The fraction of sp³-hybridized carbons (Fsp3) is 0.150. The maximum atomic E-state index is 11.8. The van der Waals surface area contributed by atoms with Crippen LogP contribution in [0.5, 0.6) is 0 Å². The lowest BCUT2D eigenvalue weighted by atomic mass is 10.1. The molecule has 3 aromatic rings. The maximum Gasteiger partial charge on any atom is 0.163 e. The molecule has 0 radical (unpaired) electrons. The summed E-state index contributed by atoms with van der Waals surface area (Å²) in [7, 11) is 0. The number of rotatable bonds is 5. The first-order chi connectivity index (χ1) is 11.5. The zero-order chi connectivity index (χ0) is 17.1. The third-order valence-electron chi connectivity index (χ3n) is 3.74. The number of hydrogen-bond acceptors (Lipinski definition) is 3. The van der Waals surface area contributed by atoms with Gasteiger partial charge in [0.15, 0.2) is 5.78 Å². The van der Waals surface area contributed by atoms with Crippen LogP contribution in [0.2, 0.25) is 5.02 Å². The number of aryl methyl sites for hydroxylation is 1. The average Bonchev–Trinajstić information content (AvgIpc) is 2.97. The number of halogens is 1. The second-order valence-corrected chi connectivity index (χ2v) is 7.15. The third kappa shape index (κ3) is 3.74. The number of carbonyl (C=O) groups is 1. The maximum absolute atomic E-state index is 11.8. The number of benzene rings is 2. The Hall–Kier alpha value is -1.97. The molecule has 0 spiro atoms. The van der Waals surface area contributed by atoms with Crippen molar-refractivity contribution in [3.8, 4) is 0 Å². The lowest BCUT2D eigenvalue weighted by Gasteiger charge is -2.15. The van der Waals surface area contributed by atoms with Crippen LogP contribution in [0.25, 0.3) is 0 Å². The first kappa shape index (κ1) is 16.9. The van der Waals surface area contributed by atoms with E-state index in [2.05, 4.69) is 12.1 Å². The Bertz CT molecular complexity index is 838. The smallest absolute Gasteiger partial charge is 0.163 e. The van der Waals surface area contributed by atoms with Gasteiger partial charge in [-0.2, -0.15) is 0 Å². The van der Waals surface area contributed by atoms with Crippen molar-refractivity contribution in [3.05, 3.63) is 88.3 Å². The van der Waals surface area contributed by atoms with Crippen molar-refractivity contribution in [1.29, 1.82) is 0 Å². The van der Waals surface area contributed by atoms with E-state index in [1.165, 1.54) is 0 Å². The van der Waals surface area contributed by atoms with Gasteiger partial charge in [0.2, 0.25) is 0 Å². The first-order valence-corrected chi connectivity index (χ1v) is 8.89. The van der Waals surface area contributed by atoms with Gasteiger partial charge in [0, 0.05) is 9.92 Å². The molecular formula is C20H17ClO2S. The summed E-state index contributed by atoms with van der Waals surface area (Å²) >= 11 is 7.65. The summed E-state index contributed by atoms with van der Waals surface area (Å²) < 4.78 is 5.92. The van der Waals surface area contributed by atoms with Crippen molar-refractivity contribution in [2.24, 2.45) is 0 Å². The van der Waals surface area contributed by atoms with Gasteiger partial charge in [-0.15, -0.1) is 11.8 Å². The third-order valence-corrected chi connectivity index (χ3v) is 5.28. The van der Waals surface area contributed by atoms with Crippen LogP contribution in [0, 0.1) is 6.92 Å². The summed E-state index contributed by atoms with van der Waals surface area (Å²) in [6.45, 7) is 3.39. The van der Waals surface area contributed by atoms with Gasteiger partial charge >= 0.3 is 0 Å². The van der Waals surface area contributed by atoms with Crippen molar-refractivity contribution in [1.82, 2.24) is 0 Å². The summed E-state index contributed by atoms with van der Waals surface area (Å²) in [6, 6.07) is 19.7. The summed E-state index contributed by atoms with van der Waals surface area (Å²) in [4.78, 5) is 12.8. The van der Waals surface area contributed by atoms with Crippen LogP contribution < -0.4 is 0 Å². The molecule has 0 aliphatic carbocycles. The van der Waals surface area contributed by atoms with Crippen LogP contribution in [0.4, 0.5) is 0 Å². The van der Waals surface area contributed by atoms with Crippen LogP contribution >= 0.6 is 23.4 Å². The Morgan fingerprint density at radius 2 is 1.75 bits per heavy atom. The molecule has 0 aliphatic rings. The van der Waals surface area contributed by atoms with Gasteiger partial charge in [-0.25, -0.2) is 0 Å². The Morgan fingerprint density at radius 1 is 1.08 bits per heavy atom. The van der Waals surface area contributed by atoms with E-state index in [9.17, 15) is 4.79 Å². The topological polar surface area (TPSA) is 30.2 Å². The summed E-state index contributed by atoms with van der Waals surface area (Å²) in [5.41, 5.74) is 1.77. The fourth-order valence-corrected chi connectivity index (χ4v) is 3.77. The standard InChI is InChI=1S/C20H17ClO2S/c1-13(22)18-12-19(23-14(18)2)20(15-6-4-3-5-7-15)24-17-10-8-16(21)9-11-17/h3-12,20H,1-2H3. The Labute approximate surface area is 150 Å². The minimum atomic E-state index is -0.0285. The number of Topliss-reactive ketones (excluding diaryl/α,β-unsaturated/α-hetero) is 1. The molecule has 0 aliphatic heterocycles. The van der Waals surface area contributed by atoms with E-state index in [-0.39, 0.29) is 11.0 Å². The highest BCUT2D eigenvalue weighted by atomic mass is 35.5. The number of hydrogen-bond donors (Lipinski definition) is 0. The molecule has 1 heterocycles. The predicted octanol–water partition coefficient (Wildman–Crippen LogP) is 6.33. The molecule has 0 saturated carbocycles. The average molecular weight is 357 g/mol. The van der Waals surface area contributed by atoms with E-state index in [1.807, 2.05) is 55.5 Å². The van der Waals surface area contributed by atoms with E-state index < -0.39 is 0 Å². The largest absolute Gasteiger partial charge is 0.464 e. The number of carbonyl (C=O) groups excluding carboxylic acids is 1. The van der Waals surface area contributed by atoms with Crippen LogP contribution in [0.3, 0.4) is 0 Å². The SMILES string of the molecule is CC(=O)c1cc(C(Sc2ccc(Cl)cc2)c2ccccc2)oc1C. The van der Waals surface area contributed by atoms with Crippen LogP contribution in [0.1, 0.15) is 39.6 Å². The zero-order valence-corrected chi connectivity index (χ0v) is 15.0. The Morgan fingerprint density at radius 3 is 2.33 bits per heavy atom. The fourth-order valence-electron chi connectivity index (χ4n) is 2.55. The molecule has 4 heteroatoms. The molecule has 2 nitrogen and oxygen atoms in total. The van der Waals surface area contributed by atoms with Gasteiger partial charge in [0.25, 0.3) is 0 Å². The highest BCUT2D eigenvalue weighted by Crippen LogP contribution is 2.42. The van der Waals surface area contributed by atoms with E-state index >= 15 is 0 Å². The summed E-state index contributed by atoms with van der Waals surface area (Å²) in [5.74, 6) is 1.46. The molecule has 122 valence electrons. The van der Waals surface area contributed by atoms with Gasteiger partial charge < -0.3 is 4.42 Å².